The Balaban J connectivity index is 5.14. The highest BCUT2D eigenvalue weighted by Gasteiger charge is 2.35. The fraction of sp³-hybridized carbons (Fsp3) is 0.300. The van der Waals surface area contributed by atoms with Crippen molar-refractivity contribution in [3.8, 4) is 0 Å². The fourth-order valence-electron chi connectivity index (χ4n) is 1.03. The SMILES string of the molecule is O=C(O)C/C(=C/C(=O)OC(C(=O)O)C(O)C(=O)O)C(=O)O. The molecule has 2 unspecified atom stereocenters. The lowest BCUT2D eigenvalue weighted by Gasteiger charge is -2.15. The molecule has 0 aromatic carbocycles. The van der Waals surface area contributed by atoms with E-state index in [-0.39, 0.29) is 6.08 Å². The third kappa shape index (κ3) is 6.15. The topological polar surface area (TPSA) is 196 Å². The number of hydrogen-bond donors (Lipinski definition) is 5. The molecule has 0 aromatic rings. The van der Waals surface area contributed by atoms with E-state index in [0.29, 0.717) is 0 Å². The highest BCUT2D eigenvalue weighted by Crippen LogP contribution is 2.06. The van der Waals surface area contributed by atoms with Crippen molar-refractivity contribution in [2.75, 3.05) is 0 Å². The Kier molecular flexibility index (Phi) is 6.53. The maximum absolute atomic E-state index is 11.3. The summed E-state index contributed by atoms with van der Waals surface area (Å²) in [5.41, 5.74) is -0.915. The van der Waals surface area contributed by atoms with Crippen molar-refractivity contribution in [3.63, 3.8) is 0 Å². The van der Waals surface area contributed by atoms with Crippen LogP contribution in [0.3, 0.4) is 0 Å². The van der Waals surface area contributed by atoms with E-state index >= 15 is 0 Å². The Morgan fingerprint density at radius 1 is 0.952 bits per heavy atom. The smallest absolute Gasteiger partial charge is 0.348 e. The number of aliphatic carboxylic acids is 4. The van der Waals surface area contributed by atoms with Gasteiger partial charge in [0.1, 0.15) is 0 Å². The van der Waals surface area contributed by atoms with Gasteiger partial charge in [-0.3, -0.25) is 4.79 Å². The Morgan fingerprint density at radius 2 is 1.48 bits per heavy atom. The summed E-state index contributed by atoms with van der Waals surface area (Å²) in [5, 5.41) is 43.0. The molecule has 2 atom stereocenters. The van der Waals surface area contributed by atoms with Crippen molar-refractivity contribution >= 4 is 29.8 Å². The normalized spacial score (nSPS) is 13.9. The number of hydrogen-bond acceptors (Lipinski definition) is 7. The lowest BCUT2D eigenvalue weighted by Crippen LogP contribution is -2.42. The molecule has 0 aliphatic heterocycles. The molecule has 21 heavy (non-hydrogen) atoms. The lowest BCUT2D eigenvalue weighted by molar-refractivity contribution is -0.176. The second-order valence-electron chi connectivity index (χ2n) is 3.52. The van der Waals surface area contributed by atoms with Gasteiger partial charge in [0, 0.05) is 6.08 Å². The van der Waals surface area contributed by atoms with Crippen molar-refractivity contribution in [2.24, 2.45) is 0 Å². The Labute approximate surface area is 115 Å². The first kappa shape index (κ1) is 18.0. The van der Waals surface area contributed by atoms with Crippen LogP contribution in [0.1, 0.15) is 6.42 Å². The first-order valence-corrected chi connectivity index (χ1v) is 5.06. The van der Waals surface area contributed by atoms with E-state index in [1.54, 1.807) is 0 Å². The summed E-state index contributed by atoms with van der Waals surface area (Å²) < 4.78 is 4.10. The predicted molar refractivity (Wildman–Crippen MR) is 59.1 cm³/mol. The fourth-order valence-corrected chi connectivity index (χ4v) is 1.03. The number of carboxylic acid groups (broad SMARTS) is 4. The zero-order valence-electron chi connectivity index (χ0n) is 10.1. The van der Waals surface area contributed by atoms with Gasteiger partial charge < -0.3 is 30.3 Å². The number of aliphatic hydroxyl groups excluding tert-OH is 1. The first-order chi connectivity index (χ1) is 9.56. The van der Waals surface area contributed by atoms with Crippen LogP contribution in [0, 0.1) is 0 Å². The van der Waals surface area contributed by atoms with Crippen LogP contribution in [0.15, 0.2) is 11.6 Å². The van der Waals surface area contributed by atoms with Gasteiger partial charge in [-0.25, -0.2) is 19.2 Å². The van der Waals surface area contributed by atoms with Crippen LogP contribution in [0.25, 0.3) is 0 Å². The van der Waals surface area contributed by atoms with E-state index in [1.807, 2.05) is 0 Å². The van der Waals surface area contributed by atoms with Crippen LogP contribution in [0.4, 0.5) is 0 Å². The van der Waals surface area contributed by atoms with Gasteiger partial charge in [-0.2, -0.15) is 0 Å². The third-order valence-electron chi connectivity index (χ3n) is 1.93. The molecule has 0 amide bonds. The van der Waals surface area contributed by atoms with Gasteiger partial charge in [-0.15, -0.1) is 0 Å². The van der Waals surface area contributed by atoms with Crippen molar-refractivity contribution < 1.29 is 54.2 Å². The molecule has 0 saturated heterocycles. The van der Waals surface area contributed by atoms with Crippen molar-refractivity contribution in [2.45, 2.75) is 18.6 Å². The van der Waals surface area contributed by atoms with Crippen molar-refractivity contribution in [3.05, 3.63) is 11.6 Å². The molecule has 0 spiro atoms. The molecule has 0 aliphatic carbocycles. The molecule has 0 aliphatic rings. The first-order valence-electron chi connectivity index (χ1n) is 5.06. The second-order valence-corrected chi connectivity index (χ2v) is 3.52. The molecule has 0 radical (unpaired) electrons. The van der Waals surface area contributed by atoms with Crippen LogP contribution >= 0.6 is 0 Å². The van der Waals surface area contributed by atoms with E-state index in [0.717, 1.165) is 0 Å². The van der Waals surface area contributed by atoms with E-state index < -0.39 is 54.0 Å². The molecule has 0 bridgehead atoms. The van der Waals surface area contributed by atoms with Crippen LogP contribution in [0.2, 0.25) is 0 Å². The minimum atomic E-state index is -2.58. The molecule has 0 aromatic heterocycles. The van der Waals surface area contributed by atoms with Gasteiger partial charge in [0.2, 0.25) is 6.10 Å². The monoisotopic (exact) mass is 306 g/mol. The van der Waals surface area contributed by atoms with Gasteiger partial charge in [-0.05, 0) is 0 Å². The molecular formula is C10H10O11. The Hall–Kier alpha value is -2.95. The largest absolute Gasteiger partial charge is 0.481 e. The molecule has 0 rings (SSSR count). The predicted octanol–water partition coefficient (Wildman–Crippen LogP) is -2.09. The summed E-state index contributed by atoms with van der Waals surface area (Å²) in [4.78, 5) is 53.3. The van der Waals surface area contributed by atoms with Gasteiger partial charge in [-0.1, -0.05) is 0 Å². The Bertz CT molecular complexity index is 503. The zero-order chi connectivity index (χ0) is 16.7. The summed E-state index contributed by atoms with van der Waals surface area (Å²) >= 11 is 0. The summed E-state index contributed by atoms with van der Waals surface area (Å²) in [6.45, 7) is 0. The maximum atomic E-state index is 11.3. The number of carbonyl (C=O) groups is 5. The summed E-state index contributed by atoms with van der Waals surface area (Å²) in [7, 11) is 0. The highest BCUT2D eigenvalue weighted by atomic mass is 16.6. The van der Waals surface area contributed by atoms with Crippen molar-refractivity contribution in [1.29, 1.82) is 0 Å². The number of rotatable bonds is 8. The summed E-state index contributed by atoms with van der Waals surface area (Å²) in [6.07, 6.45) is -5.93. The molecular weight excluding hydrogens is 296 g/mol. The number of esters is 1. The summed E-state index contributed by atoms with van der Waals surface area (Å²) in [6, 6.07) is 0. The van der Waals surface area contributed by atoms with E-state index in [4.69, 9.17) is 25.5 Å². The van der Waals surface area contributed by atoms with Crippen LogP contribution in [0.5, 0.6) is 0 Å². The molecule has 0 fully saturated rings. The number of carbonyl (C=O) groups excluding carboxylic acids is 1. The van der Waals surface area contributed by atoms with Gasteiger partial charge in [0.15, 0.2) is 6.10 Å². The van der Waals surface area contributed by atoms with E-state index in [9.17, 15) is 24.0 Å². The standard InChI is InChI=1S/C10H10O11/c11-4(12)1-3(8(15)16)2-5(13)21-7(10(19)20)6(14)9(17)18/h2,6-7,14H,1H2,(H,11,12)(H,15,16)(H,17,18)(H,19,20)/b3-2-. The van der Waals surface area contributed by atoms with Crippen LogP contribution < -0.4 is 0 Å². The number of ether oxygens (including phenoxy) is 1. The van der Waals surface area contributed by atoms with E-state index in [1.165, 1.54) is 0 Å². The van der Waals surface area contributed by atoms with Gasteiger partial charge in [0.05, 0.1) is 12.0 Å². The minimum Gasteiger partial charge on any atom is -0.481 e. The number of carboxylic acids is 4. The molecule has 5 N–H and O–H groups in total. The average Bonchev–Trinajstić information content (AvgIpc) is 2.33. The maximum Gasteiger partial charge on any atom is 0.348 e. The molecule has 0 saturated carbocycles. The second kappa shape index (κ2) is 7.59. The van der Waals surface area contributed by atoms with Gasteiger partial charge >= 0.3 is 29.8 Å². The molecule has 116 valence electrons. The molecule has 0 heterocycles. The number of aliphatic hydroxyl groups is 1. The zero-order valence-corrected chi connectivity index (χ0v) is 10.1. The lowest BCUT2D eigenvalue weighted by atomic mass is 10.1. The van der Waals surface area contributed by atoms with Crippen molar-refractivity contribution in [1.82, 2.24) is 0 Å². The minimum absolute atomic E-state index is 0.182. The van der Waals surface area contributed by atoms with Crippen LogP contribution in [-0.4, -0.2) is 67.6 Å². The Morgan fingerprint density at radius 3 is 1.81 bits per heavy atom. The third-order valence-corrected chi connectivity index (χ3v) is 1.93. The highest BCUT2D eigenvalue weighted by molar-refractivity contribution is 5.99. The molecule has 11 nitrogen and oxygen atoms in total. The average molecular weight is 306 g/mol. The van der Waals surface area contributed by atoms with Crippen LogP contribution in [-0.2, 0) is 28.7 Å². The van der Waals surface area contributed by atoms with Gasteiger partial charge in [0.25, 0.3) is 0 Å². The molecule has 11 heteroatoms. The quantitative estimate of drug-likeness (QED) is 0.243. The van der Waals surface area contributed by atoms with E-state index in [2.05, 4.69) is 4.74 Å². The summed E-state index contributed by atoms with van der Waals surface area (Å²) in [5.74, 6) is -8.93.